The normalized spacial score (nSPS) is 23.9. The summed E-state index contributed by atoms with van der Waals surface area (Å²) in [6.07, 6.45) is 3.20. The van der Waals surface area contributed by atoms with Crippen LogP contribution in [-0.2, 0) is 25.9 Å². The van der Waals surface area contributed by atoms with Gasteiger partial charge < -0.3 is 9.47 Å². The highest BCUT2D eigenvalue weighted by Crippen LogP contribution is 2.30. The Morgan fingerprint density at radius 3 is 2.42 bits per heavy atom. The summed E-state index contributed by atoms with van der Waals surface area (Å²) in [6, 6.07) is 7.09. The van der Waals surface area contributed by atoms with Gasteiger partial charge in [0.25, 0.3) is 0 Å². The molecule has 1 aromatic rings. The van der Waals surface area contributed by atoms with Gasteiger partial charge in [-0.3, -0.25) is 0 Å². The Morgan fingerprint density at radius 2 is 1.79 bits per heavy atom. The fraction of sp³-hybridized carbons (Fsp3) is 0.667. The third kappa shape index (κ3) is 3.82. The maximum atomic E-state index is 13.1. The number of sulfonamides is 1. The van der Waals surface area contributed by atoms with Crippen molar-refractivity contribution in [1.82, 2.24) is 4.31 Å². The predicted molar refractivity (Wildman–Crippen MR) is 92.2 cm³/mol. The standard InChI is InChI=1S/C18H27NO4S/c1-14(2)13-15-6-8-16(9-7-15)24(20,21)19-10-4-3-5-17(19)18-22-11-12-23-18/h6-9,14,17-18H,3-5,10-13H2,1-2H3. The van der Waals surface area contributed by atoms with E-state index in [9.17, 15) is 8.42 Å². The number of benzene rings is 1. The van der Waals surface area contributed by atoms with Crippen molar-refractivity contribution in [3.8, 4) is 0 Å². The highest BCUT2D eigenvalue weighted by Gasteiger charge is 2.40. The van der Waals surface area contributed by atoms with Crippen LogP contribution in [0, 0.1) is 5.92 Å². The van der Waals surface area contributed by atoms with Gasteiger partial charge in [-0.25, -0.2) is 8.42 Å². The second kappa shape index (κ2) is 7.52. The minimum Gasteiger partial charge on any atom is -0.349 e. The summed E-state index contributed by atoms with van der Waals surface area (Å²) < 4.78 is 39.0. The Balaban J connectivity index is 1.82. The molecule has 2 heterocycles. The molecule has 2 aliphatic rings. The summed E-state index contributed by atoms with van der Waals surface area (Å²) in [5.74, 6) is 0.551. The highest BCUT2D eigenvalue weighted by atomic mass is 32.2. The van der Waals surface area contributed by atoms with E-state index < -0.39 is 16.3 Å². The molecular formula is C18H27NO4S. The molecule has 1 unspecified atom stereocenters. The number of nitrogens with zero attached hydrogens (tertiary/aromatic N) is 1. The Morgan fingerprint density at radius 1 is 1.12 bits per heavy atom. The summed E-state index contributed by atoms with van der Waals surface area (Å²) >= 11 is 0. The number of rotatable bonds is 5. The first-order chi connectivity index (χ1) is 11.5. The highest BCUT2D eigenvalue weighted by molar-refractivity contribution is 7.89. The van der Waals surface area contributed by atoms with E-state index in [2.05, 4.69) is 13.8 Å². The molecule has 1 aromatic carbocycles. The monoisotopic (exact) mass is 353 g/mol. The summed E-state index contributed by atoms with van der Waals surface area (Å²) in [5, 5.41) is 0. The minimum atomic E-state index is -3.52. The molecular weight excluding hydrogens is 326 g/mol. The van der Waals surface area contributed by atoms with Crippen molar-refractivity contribution in [1.29, 1.82) is 0 Å². The Hall–Kier alpha value is -0.950. The van der Waals surface area contributed by atoms with E-state index in [4.69, 9.17) is 9.47 Å². The van der Waals surface area contributed by atoms with Gasteiger partial charge in [0.2, 0.25) is 10.0 Å². The molecule has 5 nitrogen and oxygen atoms in total. The maximum absolute atomic E-state index is 13.1. The van der Waals surface area contributed by atoms with Crippen LogP contribution in [-0.4, -0.2) is 44.8 Å². The zero-order chi connectivity index (χ0) is 17.2. The van der Waals surface area contributed by atoms with Gasteiger partial charge in [-0.15, -0.1) is 0 Å². The first-order valence-electron chi connectivity index (χ1n) is 8.82. The molecule has 0 spiro atoms. The second-order valence-corrected chi connectivity index (χ2v) is 8.92. The van der Waals surface area contributed by atoms with Crippen LogP contribution in [0.15, 0.2) is 29.2 Å². The lowest BCUT2D eigenvalue weighted by atomic mass is 10.0. The molecule has 1 atom stereocenters. The molecule has 2 saturated heterocycles. The number of hydrogen-bond acceptors (Lipinski definition) is 4. The van der Waals surface area contributed by atoms with Gasteiger partial charge in [0.05, 0.1) is 24.2 Å². The van der Waals surface area contributed by atoms with E-state index in [1.807, 2.05) is 12.1 Å². The smallest absolute Gasteiger partial charge is 0.243 e. The molecule has 2 aliphatic heterocycles. The van der Waals surface area contributed by atoms with E-state index in [1.54, 1.807) is 16.4 Å². The van der Waals surface area contributed by atoms with Crippen LogP contribution < -0.4 is 0 Å². The topological polar surface area (TPSA) is 55.8 Å². The summed E-state index contributed by atoms with van der Waals surface area (Å²) in [6.45, 7) is 5.93. The van der Waals surface area contributed by atoms with Gasteiger partial charge in [-0.05, 0) is 42.9 Å². The quantitative estimate of drug-likeness (QED) is 0.817. The lowest BCUT2D eigenvalue weighted by Gasteiger charge is -2.36. The van der Waals surface area contributed by atoms with Crippen LogP contribution in [0.4, 0.5) is 0 Å². The molecule has 134 valence electrons. The molecule has 0 bridgehead atoms. The summed E-state index contributed by atoms with van der Waals surface area (Å²) in [7, 11) is -3.52. The molecule has 0 radical (unpaired) electrons. The average molecular weight is 353 g/mol. The van der Waals surface area contributed by atoms with Crippen molar-refractivity contribution in [3.63, 3.8) is 0 Å². The first-order valence-corrected chi connectivity index (χ1v) is 10.3. The van der Waals surface area contributed by atoms with Gasteiger partial charge >= 0.3 is 0 Å². The van der Waals surface area contributed by atoms with E-state index in [0.717, 1.165) is 25.7 Å². The van der Waals surface area contributed by atoms with Crippen LogP contribution >= 0.6 is 0 Å². The Labute approximate surface area is 145 Å². The lowest BCUT2D eigenvalue weighted by Crippen LogP contribution is -2.50. The van der Waals surface area contributed by atoms with E-state index in [1.165, 1.54) is 5.56 Å². The maximum Gasteiger partial charge on any atom is 0.243 e. The molecule has 0 amide bonds. The predicted octanol–water partition coefficient (Wildman–Crippen LogP) is 2.80. The molecule has 2 fully saturated rings. The molecule has 0 aliphatic carbocycles. The molecule has 0 N–H and O–H groups in total. The summed E-state index contributed by atoms with van der Waals surface area (Å²) in [4.78, 5) is 0.361. The minimum absolute atomic E-state index is 0.221. The number of piperidine rings is 1. The van der Waals surface area contributed by atoms with Crippen LogP contribution in [0.2, 0.25) is 0 Å². The molecule has 3 rings (SSSR count). The molecule has 0 aromatic heterocycles. The molecule has 6 heteroatoms. The van der Waals surface area contributed by atoms with E-state index >= 15 is 0 Å². The van der Waals surface area contributed by atoms with Crippen LogP contribution in [0.3, 0.4) is 0 Å². The first kappa shape index (κ1) is 17.9. The Kier molecular flexibility index (Phi) is 5.59. The third-order valence-electron chi connectivity index (χ3n) is 4.63. The van der Waals surface area contributed by atoms with Crippen molar-refractivity contribution in [2.24, 2.45) is 5.92 Å². The zero-order valence-corrected chi connectivity index (χ0v) is 15.3. The van der Waals surface area contributed by atoms with Crippen molar-refractivity contribution >= 4 is 10.0 Å². The van der Waals surface area contributed by atoms with Crippen LogP contribution in [0.25, 0.3) is 0 Å². The average Bonchev–Trinajstić information content (AvgIpc) is 3.09. The lowest BCUT2D eigenvalue weighted by molar-refractivity contribution is -0.0913. The van der Waals surface area contributed by atoms with Gasteiger partial charge in [0, 0.05) is 6.54 Å². The van der Waals surface area contributed by atoms with Gasteiger partial charge in [0.1, 0.15) is 0 Å². The second-order valence-electron chi connectivity index (χ2n) is 7.03. The SMILES string of the molecule is CC(C)Cc1ccc(S(=O)(=O)N2CCCCC2C2OCCO2)cc1. The van der Waals surface area contributed by atoms with Gasteiger partial charge in [0.15, 0.2) is 6.29 Å². The van der Waals surface area contributed by atoms with Crippen LogP contribution in [0.5, 0.6) is 0 Å². The number of ether oxygens (including phenoxy) is 2. The van der Waals surface area contributed by atoms with E-state index in [-0.39, 0.29) is 6.04 Å². The van der Waals surface area contributed by atoms with Crippen LogP contribution in [0.1, 0.15) is 38.7 Å². The fourth-order valence-corrected chi connectivity index (χ4v) is 5.19. The fourth-order valence-electron chi connectivity index (χ4n) is 3.50. The van der Waals surface area contributed by atoms with Gasteiger partial charge in [-0.2, -0.15) is 4.31 Å². The number of hydrogen-bond donors (Lipinski definition) is 0. The van der Waals surface area contributed by atoms with Crippen molar-refractivity contribution < 1.29 is 17.9 Å². The van der Waals surface area contributed by atoms with Gasteiger partial charge in [-0.1, -0.05) is 32.4 Å². The molecule has 24 heavy (non-hydrogen) atoms. The van der Waals surface area contributed by atoms with E-state index in [0.29, 0.717) is 30.6 Å². The Bertz CT molecular complexity index is 635. The zero-order valence-electron chi connectivity index (χ0n) is 14.5. The van der Waals surface area contributed by atoms with Crippen molar-refractivity contribution in [2.45, 2.75) is 56.8 Å². The third-order valence-corrected chi connectivity index (χ3v) is 6.57. The van der Waals surface area contributed by atoms with Crippen molar-refractivity contribution in [3.05, 3.63) is 29.8 Å². The van der Waals surface area contributed by atoms with Crippen molar-refractivity contribution in [2.75, 3.05) is 19.8 Å². The molecule has 0 saturated carbocycles. The largest absolute Gasteiger partial charge is 0.349 e. The summed E-state index contributed by atoms with van der Waals surface area (Å²) in [5.41, 5.74) is 1.17.